The Bertz CT molecular complexity index is 244. The third kappa shape index (κ3) is 1.77. The summed E-state index contributed by atoms with van der Waals surface area (Å²) in [4.78, 5) is 10.3. The van der Waals surface area contributed by atoms with Crippen LogP contribution >= 0.6 is 0 Å². The van der Waals surface area contributed by atoms with E-state index in [1.807, 2.05) is 6.92 Å². The lowest BCUT2D eigenvalue weighted by molar-refractivity contribution is -0.104. The molecule has 14 heavy (non-hydrogen) atoms. The van der Waals surface area contributed by atoms with Gasteiger partial charge in [0.2, 0.25) is 0 Å². The number of aldehydes is 1. The van der Waals surface area contributed by atoms with Crippen LogP contribution in [-0.2, 0) is 4.79 Å². The highest BCUT2D eigenvalue weighted by atomic mass is 16.1. The first-order chi connectivity index (χ1) is 6.34. The summed E-state index contributed by atoms with van der Waals surface area (Å²) in [5.74, 6) is 0.810. The number of hydrogen-bond donors (Lipinski definition) is 0. The molecule has 1 aliphatic rings. The lowest BCUT2D eigenvalue weighted by atomic mass is 10.0. The zero-order chi connectivity index (χ0) is 11.0. The predicted octanol–water partition coefficient (Wildman–Crippen LogP) is 3.59. The van der Waals surface area contributed by atoms with Crippen molar-refractivity contribution in [3.63, 3.8) is 0 Å². The maximum Gasteiger partial charge on any atom is 0.142 e. The summed E-state index contributed by atoms with van der Waals surface area (Å²) < 4.78 is 0. The van der Waals surface area contributed by atoms with E-state index in [1.165, 1.54) is 12.0 Å². The molecule has 0 spiro atoms. The molecule has 0 radical (unpaired) electrons. The first kappa shape index (κ1) is 11.5. The van der Waals surface area contributed by atoms with Gasteiger partial charge in [-0.3, -0.25) is 4.79 Å². The zero-order valence-electron chi connectivity index (χ0n) is 10.1. The van der Waals surface area contributed by atoms with E-state index >= 15 is 0 Å². The van der Waals surface area contributed by atoms with E-state index in [9.17, 15) is 4.79 Å². The van der Waals surface area contributed by atoms with Gasteiger partial charge in [0.1, 0.15) is 6.29 Å². The van der Waals surface area contributed by atoms with E-state index in [0.717, 1.165) is 18.6 Å². The maximum absolute atomic E-state index is 10.3. The van der Waals surface area contributed by atoms with Crippen molar-refractivity contribution < 1.29 is 4.79 Å². The fourth-order valence-electron chi connectivity index (χ4n) is 2.63. The summed E-state index contributed by atoms with van der Waals surface area (Å²) in [6.45, 7) is 11.4. The Labute approximate surface area is 87.6 Å². The highest BCUT2D eigenvalue weighted by Crippen LogP contribution is 2.70. The highest BCUT2D eigenvalue weighted by Gasteiger charge is 2.63. The van der Waals surface area contributed by atoms with Gasteiger partial charge < -0.3 is 0 Å². The van der Waals surface area contributed by atoms with Crippen LogP contribution in [0.3, 0.4) is 0 Å². The number of hydrogen-bond acceptors (Lipinski definition) is 1. The Hall–Kier alpha value is -0.590. The summed E-state index contributed by atoms with van der Waals surface area (Å²) in [5, 5.41) is 0. The molecule has 0 aliphatic heterocycles. The lowest BCUT2D eigenvalue weighted by Crippen LogP contribution is -1.95. The molecule has 1 fully saturated rings. The van der Waals surface area contributed by atoms with Crippen molar-refractivity contribution in [1.82, 2.24) is 0 Å². The molecule has 0 amide bonds. The van der Waals surface area contributed by atoms with Crippen LogP contribution in [0, 0.1) is 16.7 Å². The Morgan fingerprint density at radius 2 is 1.71 bits per heavy atom. The molecule has 0 aromatic heterocycles. The Kier molecular flexibility index (Phi) is 2.89. The molecule has 0 saturated heterocycles. The van der Waals surface area contributed by atoms with Gasteiger partial charge in [0.15, 0.2) is 0 Å². The second kappa shape index (κ2) is 3.52. The first-order valence-corrected chi connectivity index (χ1v) is 5.45. The molecule has 1 heteroatoms. The SMILES string of the molecule is CC(=CC=O)CCC1C(C)(C)C1(C)C. The van der Waals surface area contributed by atoms with Gasteiger partial charge in [-0.25, -0.2) is 0 Å². The maximum atomic E-state index is 10.3. The van der Waals surface area contributed by atoms with E-state index in [4.69, 9.17) is 0 Å². The summed E-state index contributed by atoms with van der Waals surface area (Å²) in [7, 11) is 0. The van der Waals surface area contributed by atoms with Crippen molar-refractivity contribution in [3.05, 3.63) is 11.6 Å². The minimum atomic E-state index is 0.481. The number of carbonyl (C=O) groups excluding carboxylic acids is 1. The van der Waals surface area contributed by atoms with Crippen LogP contribution in [0.1, 0.15) is 47.5 Å². The topological polar surface area (TPSA) is 17.1 Å². The largest absolute Gasteiger partial charge is 0.299 e. The average molecular weight is 194 g/mol. The molecule has 0 aromatic carbocycles. The average Bonchev–Trinajstić information content (AvgIpc) is 2.41. The van der Waals surface area contributed by atoms with Gasteiger partial charge in [0, 0.05) is 0 Å². The molecule has 1 aliphatic carbocycles. The smallest absolute Gasteiger partial charge is 0.142 e. The molecule has 1 saturated carbocycles. The van der Waals surface area contributed by atoms with Gasteiger partial charge in [-0.2, -0.15) is 0 Å². The van der Waals surface area contributed by atoms with E-state index in [1.54, 1.807) is 6.08 Å². The van der Waals surface area contributed by atoms with Crippen LogP contribution in [0.25, 0.3) is 0 Å². The molecule has 0 unspecified atom stereocenters. The van der Waals surface area contributed by atoms with Gasteiger partial charge in [-0.05, 0) is 42.6 Å². The number of allylic oxidation sites excluding steroid dienone is 2. The van der Waals surface area contributed by atoms with Crippen LogP contribution in [0.5, 0.6) is 0 Å². The molecule has 0 heterocycles. The summed E-state index contributed by atoms with van der Waals surface area (Å²) in [5.41, 5.74) is 2.17. The van der Waals surface area contributed by atoms with E-state index in [2.05, 4.69) is 27.7 Å². The van der Waals surface area contributed by atoms with Crippen LogP contribution in [0.4, 0.5) is 0 Å². The normalized spacial score (nSPS) is 24.8. The summed E-state index contributed by atoms with van der Waals surface area (Å²) >= 11 is 0. The Balaban J connectivity index is 2.43. The van der Waals surface area contributed by atoms with Gasteiger partial charge in [-0.1, -0.05) is 33.3 Å². The fraction of sp³-hybridized carbons (Fsp3) is 0.769. The monoisotopic (exact) mass is 194 g/mol. The van der Waals surface area contributed by atoms with Crippen LogP contribution in [0.2, 0.25) is 0 Å². The molecular formula is C13H22O. The Morgan fingerprint density at radius 3 is 2.07 bits per heavy atom. The third-order valence-electron chi connectivity index (χ3n) is 4.50. The number of carbonyl (C=O) groups is 1. The molecule has 80 valence electrons. The second-order valence-electron chi connectivity index (χ2n) is 5.68. The third-order valence-corrected chi connectivity index (χ3v) is 4.50. The van der Waals surface area contributed by atoms with Crippen molar-refractivity contribution in [2.24, 2.45) is 16.7 Å². The molecule has 0 N–H and O–H groups in total. The highest BCUT2D eigenvalue weighted by molar-refractivity contribution is 5.65. The minimum absolute atomic E-state index is 0.481. The molecule has 0 atom stereocenters. The van der Waals surface area contributed by atoms with Crippen molar-refractivity contribution >= 4 is 6.29 Å². The van der Waals surface area contributed by atoms with Gasteiger partial charge in [0.25, 0.3) is 0 Å². The molecule has 0 aromatic rings. The standard InChI is InChI=1S/C13H22O/c1-10(8-9-14)6-7-11-12(2,3)13(11,4)5/h8-9,11H,6-7H2,1-5H3. The van der Waals surface area contributed by atoms with Crippen LogP contribution in [-0.4, -0.2) is 6.29 Å². The fourth-order valence-corrected chi connectivity index (χ4v) is 2.63. The second-order valence-corrected chi connectivity index (χ2v) is 5.68. The van der Waals surface area contributed by atoms with Crippen LogP contribution < -0.4 is 0 Å². The quantitative estimate of drug-likeness (QED) is 0.493. The van der Waals surface area contributed by atoms with Crippen molar-refractivity contribution in [2.75, 3.05) is 0 Å². The summed E-state index contributed by atoms with van der Waals surface area (Å²) in [6.07, 6.45) is 4.85. The first-order valence-electron chi connectivity index (χ1n) is 5.45. The van der Waals surface area contributed by atoms with Crippen molar-refractivity contribution in [1.29, 1.82) is 0 Å². The minimum Gasteiger partial charge on any atom is -0.299 e. The van der Waals surface area contributed by atoms with Crippen LogP contribution in [0.15, 0.2) is 11.6 Å². The molecule has 1 nitrogen and oxygen atoms in total. The zero-order valence-corrected chi connectivity index (χ0v) is 10.1. The summed E-state index contributed by atoms with van der Waals surface area (Å²) in [6, 6.07) is 0. The van der Waals surface area contributed by atoms with Crippen molar-refractivity contribution in [3.8, 4) is 0 Å². The van der Waals surface area contributed by atoms with Gasteiger partial charge >= 0.3 is 0 Å². The number of rotatable bonds is 4. The molecular weight excluding hydrogens is 172 g/mol. The Morgan fingerprint density at radius 1 is 1.21 bits per heavy atom. The molecule has 0 bridgehead atoms. The predicted molar refractivity (Wildman–Crippen MR) is 60.1 cm³/mol. The van der Waals surface area contributed by atoms with E-state index in [-0.39, 0.29) is 0 Å². The lowest BCUT2D eigenvalue weighted by Gasteiger charge is -2.04. The van der Waals surface area contributed by atoms with Gasteiger partial charge in [-0.15, -0.1) is 0 Å². The van der Waals surface area contributed by atoms with E-state index in [0.29, 0.717) is 10.8 Å². The van der Waals surface area contributed by atoms with Crippen molar-refractivity contribution in [2.45, 2.75) is 47.5 Å². The van der Waals surface area contributed by atoms with Gasteiger partial charge in [0.05, 0.1) is 0 Å². The van der Waals surface area contributed by atoms with E-state index < -0.39 is 0 Å². The molecule has 1 rings (SSSR count).